The summed E-state index contributed by atoms with van der Waals surface area (Å²) in [5.74, 6) is -1.21. The third-order valence-electron chi connectivity index (χ3n) is 3.08. The number of hydrogen-bond donors (Lipinski definition) is 2. The van der Waals surface area contributed by atoms with Crippen molar-refractivity contribution in [1.82, 2.24) is 0 Å². The first-order valence-corrected chi connectivity index (χ1v) is 8.11. The number of carboxylic acid groups (broad SMARTS) is 1. The van der Waals surface area contributed by atoms with Gasteiger partial charge in [0.15, 0.2) is 0 Å². The lowest BCUT2D eigenvalue weighted by molar-refractivity contribution is 0.0697. The monoisotopic (exact) mass is 433 g/mol. The van der Waals surface area contributed by atoms with E-state index in [1.165, 1.54) is 12.1 Å². The first kappa shape index (κ1) is 19.5. The molecule has 0 heterocycles. The Labute approximate surface area is 166 Å². The van der Waals surface area contributed by atoms with Gasteiger partial charge in [-0.05, 0) is 12.1 Å². The summed E-state index contributed by atoms with van der Waals surface area (Å²) in [4.78, 5) is 11.0. The molecule has 0 fully saturated rings. The molecule has 2 aromatic rings. The lowest BCUT2D eigenvalue weighted by atomic mass is 10.1. The third kappa shape index (κ3) is 3.57. The van der Waals surface area contributed by atoms with Gasteiger partial charge in [0.1, 0.15) is 12.1 Å². The van der Waals surface area contributed by atoms with Crippen LogP contribution < -0.4 is 5.32 Å². The van der Waals surface area contributed by atoms with E-state index in [-0.39, 0.29) is 53.2 Å². The van der Waals surface area contributed by atoms with E-state index in [1.54, 1.807) is 6.07 Å². The lowest BCUT2D eigenvalue weighted by Gasteiger charge is -2.16. The van der Waals surface area contributed by atoms with Crippen molar-refractivity contribution in [3.8, 4) is 12.1 Å². The van der Waals surface area contributed by atoms with Crippen LogP contribution in [-0.2, 0) is 0 Å². The van der Waals surface area contributed by atoms with Crippen LogP contribution in [0.4, 0.5) is 11.4 Å². The highest BCUT2D eigenvalue weighted by atomic mass is 35.5. The first-order chi connectivity index (χ1) is 11.7. The molecule has 25 heavy (non-hydrogen) atoms. The van der Waals surface area contributed by atoms with Crippen LogP contribution in [0.2, 0.25) is 25.1 Å². The van der Waals surface area contributed by atoms with Gasteiger partial charge in [0.2, 0.25) is 0 Å². The minimum Gasteiger partial charge on any atom is -0.478 e. The molecule has 10 heteroatoms. The molecule has 0 unspecified atom stereocenters. The Kier molecular flexibility index (Phi) is 5.90. The molecular weight excluding hydrogens is 431 g/mol. The fraction of sp³-hybridized carbons (Fsp3) is 0. The molecule has 0 bridgehead atoms. The smallest absolute Gasteiger partial charge is 0.335 e. The van der Waals surface area contributed by atoms with Crippen molar-refractivity contribution in [1.29, 1.82) is 10.5 Å². The van der Waals surface area contributed by atoms with Crippen LogP contribution in [0.1, 0.15) is 21.5 Å². The van der Waals surface area contributed by atoms with E-state index in [1.807, 2.05) is 6.07 Å². The highest BCUT2D eigenvalue weighted by Crippen LogP contribution is 2.44. The Hall–Kier alpha value is -1.86. The maximum atomic E-state index is 11.0. The molecule has 0 aliphatic rings. The molecule has 0 atom stereocenters. The Morgan fingerprint density at radius 3 is 1.84 bits per heavy atom. The number of nitrogens with zero attached hydrogens (tertiary/aromatic N) is 2. The molecule has 0 radical (unpaired) electrons. The molecule has 126 valence electrons. The predicted octanol–water partition coefficient (Wildman–Crippen LogP) is 6.14. The molecule has 2 N–H and O–H groups in total. The number of benzene rings is 2. The topological polar surface area (TPSA) is 96.9 Å². The quantitative estimate of drug-likeness (QED) is 0.565. The second-order valence-corrected chi connectivity index (χ2v) is 6.48. The van der Waals surface area contributed by atoms with Crippen LogP contribution in [0.15, 0.2) is 12.1 Å². The fourth-order valence-corrected chi connectivity index (χ4v) is 3.29. The van der Waals surface area contributed by atoms with Crippen molar-refractivity contribution in [2.24, 2.45) is 0 Å². The minimum atomic E-state index is -1.21. The maximum Gasteiger partial charge on any atom is 0.335 e. The Morgan fingerprint density at radius 1 is 0.880 bits per heavy atom. The normalized spacial score (nSPS) is 10.0. The van der Waals surface area contributed by atoms with E-state index in [9.17, 15) is 10.1 Å². The third-order valence-corrected chi connectivity index (χ3v) is 4.91. The van der Waals surface area contributed by atoms with Gasteiger partial charge in [0, 0.05) is 0 Å². The van der Waals surface area contributed by atoms with Gasteiger partial charge >= 0.3 is 5.97 Å². The summed E-state index contributed by atoms with van der Waals surface area (Å²) in [6, 6.07) is 5.94. The van der Waals surface area contributed by atoms with Gasteiger partial charge in [-0.25, -0.2) is 4.79 Å². The van der Waals surface area contributed by atoms with Gasteiger partial charge < -0.3 is 10.4 Å². The number of rotatable bonds is 3. The van der Waals surface area contributed by atoms with Crippen LogP contribution in [0.3, 0.4) is 0 Å². The summed E-state index contributed by atoms with van der Waals surface area (Å²) < 4.78 is 0. The van der Waals surface area contributed by atoms with Crippen LogP contribution >= 0.6 is 58.0 Å². The van der Waals surface area contributed by atoms with Crippen molar-refractivity contribution in [2.75, 3.05) is 5.32 Å². The Bertz CT molecular complexity index is 969. The molecule has 2 rings (SSSR count). The van der Waals surface area contributed by atoms with Gasteiger partial charge in [-0.15, -0.1) is 0 Å². The second kappa shape index (κ2) is 7.58. The zero-order valence-electron chi connectivity index (χ0n) is 11.8. The van der Waals surface area contributed by atoms with Crippen molar-refractivity contribution in [2.45, 2.75) is 0 Å². The zero-order chi connectivity index (χ0) is 18.9. The predicted molar refractivity (Wildman–Crippen MR) is 97.6 cm³/mol. The van der Waals surface area contributed by atoms with Crippen molar-refractivity contribution >= 4 is 75.3 Å². The number of anilines is 2. The van der Waals surface area contributed by atoms with E-state index in [4.69, 9.17) is 68.4 Å². The van der Waals surface area contributed by atoms with Gasteiger partial charge in [-0.2, -0.15) is 10.5 Å². The van der Waals surface area contributed by atoms with E-state index >= 15 is 0 Å². The number of nitrogens with one attached hydrogen (secondary N) is 1. The van der Waals surface area contributed by atoms with Gasteiger partial charge in [0.05, 0.1) is 53.2 Å². The highest BCUT2D eigenvalue weighted by Gasteiger charge is 2.23. The molecule has 0 aromatic heterocycles. The van der Waals surface area contributed by atoms with Crippen molar-refractivity contribution in [3.63, 3.8) is 0 Å². The Morgan fingerprint density at radius 2 is 1.40 bits per heavy atom. The second-order valence-electron chi connectivity index (χ2n) is 4.54. The van der Waals surface area contributed by atoms with Crippen LogP contribution in [0, 0.1) is 22.7 Å². The summed E-state index contributed by atoms with van der Waals surface area (Å²) >= 11 is 30.3. The van der Waals surface area contributed by atoms with Crippen molar-refractivity contribution < 1.29 is 9.90 Å². The van der Waals surface area contributed by atoms with Gasteiger partial charge in [-0.1, -0.05) is 58.0 Å². The van der Waals surface area contributed by atoms with Crippen LogP contribution in [-0.4, -0.2) is 11.1 Å². The standard InChI is InChI=1S/C15H4Cl5N3O2/c16-8-1-5(15(24)25)2-9(17)14(8)23-13-7(4-22)10(18)6(3-21)11(19)12(13)20/h1-2,23H,(H,24,25). The number of aromatic carboxylic acids is 1. The Balaban J connectivity index is 2.69. The minimum absolute atomic E-state index is 0.00922. The van der Waals surface area contributed by atoms with Crippen LogP contribution in [0.5, 0.6) is 0 Å². The highest BCUT2D eigenvalue weighted by molar-refractivity contribution is 6.47. The molecule has 0 saturated carbocycles. The number of halogens is 5. The molecule has 5 nitrogen and oxygen atoms in total. The van der Waals surface area contributed by atoms with E-state index in [2.05, 4.69) is 5.32 Å². The molecule has 2 aromatic carbocycles. The molecule has 0 aliphatic heterocycles. The molecule has 0 amide bonds. The number of hydrogen-bond acceptors (Lipinski definition) is 4. The van der Waals surface area contributed by atoms with Crippen LogP contribution in [0.25, 0.3) is 0 Å². The largest absolute Gasteiger partial charge is 0.478 e. The van der Waals surface area contributed by atoms with Gasteiger partial charge in [0.25, 0.3) is 0 Å². The number of carboxylic acids is 1. The first-order valence-electron chi connectivity index (χ1n) is 6.22. The van der Waals surface area contributed by atoms with E-state index in [0.29, 0.717) is 0 Å². The van der Waals surface area contributed by atoms with Gasteiger partial charge in [-0.3, -0.25) is 0 Å². The fourth-order valence-electron chi connectivity index (χ4n) is 1.92. The summed E-state index contributed by atoms with van der Waals surface area (Å²) in [5, 5.41) is 29.7. The summed E-state index contributed by atoms with van der Waals surface area (Å²) in [6.45, 7) is 0. The maximum absolute atomic E-state index is 11.0. The average molecular weight is 435 g/mol. The van der Waals surface area contributed by atoms with E-state index < -0.39 is 5.97 Å². The molecule has 0 aliphatic carbocycles. The lowest BCUT2D eigenvalue weighted by Crippen LogP contribution is -2.02. The molecule has 0 saturated heterocycles. The number of nitriles is 2. The summed E-state index contributed by atoms with van der Waals surface area (Å²) in [7, 11) is 0. The van der Waals surface area contributed by atoms with Crippen molar-refractivity contribution in [3.05, 3.63) is 53.9 Å². The molecular formula is C15H4Cl5N3O2. The number of carbonyl (C=O) groups is 1. The average Bonchev–Trinajstić information content (AvgIpc) is 2.55. The van der Waals surface area contributed by atoms with E-state index in [0.717, 1.165) is 0 Å². The SMILES string of the molecule is N#Cc1c(Cl)c(Cl)c(Nc2c(Cl)cc(C(=O)O)cc2Cl)c(C#N)c1Cl. The summed E-state index contributed by atoms with van der Waals surface area (Å²) in [5.41, 5.74) is -0.312. The summed E-state index contributed by atoms with van der Waals surface area (Å²) in [6.07, 6.45) is 0. The zero-order valence-corrected chi connectivity index (χ0v) is 15.6. The molecule has 0 spiro atoms.